The summed E-state index contributed by atoms with van der Waals surface area (Å²) in [7, 11) is 0. The highest BCUT2D eigenvalue weighted by Gasteiger charge is 2.75. The number of Topliss-reactive ketones (excluding diaryl/α,β-unsaturated/α-hetero) is 2. The molecule has 2 fully saturated rings. The Labute approximate surface area is 242 Å². The molecule has 2 rings (SSSR count). The van der Waals surface area contributed by atoms with Gasteiger partial charge in [0.25, 0.3) is 0 Å². The molecule has 5 atom stereocenters. The van der Waals surface area contributed by atoms with Gasteiger partial charge in [0.05, 0.1) is 5.92 Å². The minimum atomic E-state index is -2.24. The van der Waals surface area contributed by atoms with Gasteiger partial charge in [0, 0.05) is 5.92 Å². The number of esters is 1. The molecule has 40 heavy (non-hydrogen) atoms. The maximum Gasteiger partial charge on any atom is 0.321 e. The van der Waals surface area contributed by atoms with Gasteiger partial charge < -0.3 is 9.84 Å². The number of cyclic esters (lactones) is 1. The van der Waals surface area contributed by atoms with Crippen molar-refractivity contribution in [3.63, 3.8) is 0 Å². The Morgan fingerprint density at radius 1 is 0.925 bits per heavy atom. The Kier molecular flexibility index (Phi) is 10.9. The number of hydrogen-bond donors (Lipinski definition) is 1. The zero-order valence-corrected chi connectivity index (χ0v) is 26.7. The molecule has 0 radical (unpaired) electrons. The van der Waals surface area contributed by atoms with Crippen LogP contribution in [0.2, 0.25) is 0 Å². The topological polar surface area (TPSA) is 80.7 Å². The molecule has 1 aliphatic carbocycles. The Hall–Kier alpha value is -2.53. The SMILES string of the molecule is CC(C)=C/C=C1\OC(=O)[C@@]2(CC=C(C)C)C[C@H](CCC=C(C)C)[C@@](C)(CC=C(C)C)[C@@H](C(=O)C(C)C)[C@@]2(O)C1=O. The summed E-state index contributed by atoms with van der Waals surface area (Å²) in [6, 6.07) is 0. The van der Waals surface area contributed by atoms with Crippen molar-refractivity contribution in [2.75, 3.05) is 0 Å². The molecule has 1 saturated carbocycles. The third-order valence-electron chi connectivity index (χ3n) is 8.80. The highest BCUT2D eigenvalue weighted by Crippen LogP contribution is 2.65. The molecular weight excluding hydrogens is 500 g/mol. The van der Waals surface area contributed by atoms with Crippen molar-refractivity contribution >= 4 is 17.5 Å². The Balaban J connectivity index is 3.01. The average molecular weight is 553 g/mol. The molecule has 5 nitrogen and oxygen atoms in total. The predicted octanol–water partition coefficient (Wildman–Crippen LogP) is 8.01. The number of allylic oxidation sites excluding steroid dienone is 9. The predicted molar refractivity (Wildman–Crippen MR) is 162 cm³/mol. The summed E-state index contributed by atoms with van der Waals surface area (Å²) in [6.45, 7) is 21.4. The summed E-state index contributed by atoms with van der Waals surface area (Å²) < 4.78 is 5.77. The van der Waals surface area contributed by atoms with E-state index in [1.807, 2.05) is 68.4 Å². The number of carbonyl (C=O) groups excluding carboxylic acids is 3. The lowest BCUT2D eigenvalue weighted by atomic mass is 9.42. The third kappa shape index (κ3) is 6.51. The standard InChI is InChI=1S/C35H52O5/c1-22(2)13-12-14-27-21-34(20-18-25(7)8)32(38)40-28(16-15-23(3)4)31(37)35(34,39)30(29(36)26(9)10)33(27,11)19-17-24(5)6/h13,15-18,26-27,30,39H,12,14,19-21H2,1-11H3/b28-16-/t27-,30+,33+,34+,35+/m0/s1. The van der Waals surface area contributed by atoms with Crippen LogP contribution < -0.4 is 0 Å². The molecular formula is C35H52O5. The normalized spacial score (nSPS) is 30.8. The molecule has 1 heterocycles. The van der Waals surface area contributed by atoms with Gasteiger partial charge in [0.1, 0.15) is 11.2 Å². The lowest BCUT2D eigenvalue weighted by Crippen LogP contribution is -2.74. The minimum Gasteiger partial charge on any atom is -0.422 e. The number of carbonyl (C=O) groups is 3. The van der Waals surface area contributed by atoms with Crippen LogP contribution in [0.25, 0.3) is 0 Å². The molecule has 1 aliphatic heterocycles. The summed E-state index contributed by atoms with van der Waals surface area (Å²) in [5, 5.41) is 12.9. The summed E-state index contributed by atoms with van der Waals surface area (Å²) in [4.78, 5) is 42.9. The fourth-order valence-electron chi connectivity index (χ4n) is 6.45. The van der Waals surface area contributed by atoms with Crippen molar-refractivity contribution < 1.29 is 24.2 Å². The molecule has 222 valence electrons. The molecule has 1 N–H and O–H groups in total. The lowest BCUT2D eigenvalue weighted by molar-refractivity contribution is -0.231. The molecule has 0 bridgehead atoms. The Bertz CT molecular complexity index is 1150. The molecule has 2 aliphatic rings. The Morgan fingerprint density at radius 2 is 1.48 bits per heavy atom. The quantitative estimate of drug-likeness (QED) is 0.169. The van der Waals surface area contributed by atoms with Crippen molar-refractivity contribution in [1.29, 1.82) is 0 Å². The van der Waals surface area contributed by atoms with E-state index in [2.05, 4.69) is 26.0 Å². The number of ether oxygens (including phenoxy) is 1. The number of ketones is 2. The first kappa shape index (κ1) is 33.7. The average Bonchev–Trinajstić information content (AvgIpc) is 2.84. The van der Waals surface area contributed by atoms with Crippen molar-refractivity contribution in [1.82, 2.24) is 0 Å². The molecule has 0 unspecified atom stereocenters. The molecule has 0 amide bonds. The molecule has 1 saturated heterocycles. The minimum absolute atomic E-state index is 0.110. The van der Waals surface area contributed by atoms with Gasteiger partial charge in [0.2, 0.25) is 5.78 Å². The van der Waals surface area contributed by atoms with Crippen LogP contribution in [0.4, 0.5) is 0 Å². The largest absolute Gasteiger partial charge is 0.422 e. The second kappa shape index (κ2) is 13.0. The van der Waals surface area contributed by atoms with E-state index in [1.165, 1.54) is 11.6 Å². The molecule has 0 aromatic heterocycles. The second-order valence-electron chi connectivity index (χ2n) is 13.6. The van der Waals surface area contributed by atoms with Crippen molar-refractivity contribution in [2.24, 2.45) is 28.6 Å². The summed E-state index contributed by atoms with van der Waals surface area (Å²) in [5.41, 5.74) is -0.385. The third-order valence-corrected chi connectivity index (χ3v) is 8.80. The van der Waals surface area contributed by atoms with E-state index in [0.717, 1.165) is 29.6 Å². The van der Waals surface area contributed by atoms with Gasteiger partial charge in [-0.15, -0.1) is 0 Å². The van der Waals surface area contributed by atoms with Crippen molar-refractivity contribution in [3.8, 4) is 0 Å². The van der Waals surface area contributed by atoms with E-state index in [1.54, 1.807) is 6.08 Å². The fraction of sp³-hybridized carbons (Fsp3) is 0.629. The number of rotatable bonds is 10. The van der Waals surface area contributed by atoms with E-state index in [9.17, 15) is 19.5 Å². The highest BCUT2D eigenvalue weighted by molar-refractivity contribution is 6.12. The molecule has 5 heteroatoms. The van der Waals surface area contributed by atoms with Gasteiger partial charge in [-0.3, -0.25) is 14.4 Å². The van der Waals surface area contributed by atoms with Crippen LogP contribution >= 0.6 is 0 Å². The van der Waals surface area contributed by atoms with E-state index in [0.29, 0.717) is 6.42 Å². The lowest BCUT2D eigenvalue weighted by Gasteiger charge is -2.62. The smallest absolute Gasteiger partial charge is 0.321 e. The van der Waals surface area contributed by atoms with Crippen LogP contribution in [-0.2, 0) is 19.1 Å². The van der Waals surface area contributed by atoms with Gasteiger partial charge in [-0.25, -0.2) is 0 Å². The van der Waals surface area contributed by atoms with E-state index < -0.39 is 40.0 Å². The second-order valence-corrected chi connectivity index (χ2v) is 13.6. The summed E-state index contributed by atoms with van der Waals surface area (Å²) in [6.07, 6.45) is 11.8. The van der Waals surface area contributed by atoms with Crippen molar-refractivity contribution in [3.05, 3.63) is 58.4 Å². The van der Waals surface area contributed by atoms with Crippen LogP contribution in [0, 0.1) is 28.6 Å². The highest BCUT2D eigenvalue weighted by atomic mass is 16.5. The van der Waals surface area contributed by atoms with E-state index in [-0.39, 0.29) is 30.3 Å². The fourth-order valence-corrected chi connectivity index (χ4v) is 6.45. The summed E-state index contributed by atoms with van der Waals surface area (Å²) in [5.74, 6) is -3.31. The monoisotopic (exact) mass is 552 g/mol. The first-order chi connectivity index (χ1) is 18.4. The maximum atomic E-state index is 14.4. The van der Waals surface area contributed by atoms with Crippen LogP contribution in [0.15, 0.2) is 58.4 Å². The number of fused-ring (bicyclic) bond motifs is 1. The first-order valence-electron chi connectivity index (χ1n) is 14.7. The number of hydrogen-bond acceptors (Lipinski definition) is 5. The zero-order valence-electron chi connectivity index (χ0n) is 26.7. The van der Waals surface area contributed by atoms with Gasteiger partial charge in [-0.2, -0.15) is 0 Å². The molecule has 0 aromatic rings. The summed E-state index contributed by atoms with van der Waals surface area (Å²) >= 11 is 0. The first-order valence-corrected chi connectivity index (χ1v) is 14.7. The van der Waals surface area contributed by atoms with Crippen LogP contribution in [-0.4, -0.2) is 28.2 Å². The van der Waals surface area contributed by atoms with Gasteiger partial charge in [-0.05, 0) is 105 Å². The number of aliphatic hydroxyl groups is 1. The van der Waals surface area contributed by atoms with Gasteiger partial charge >= 0.3 is 5.97 Å². The van der Waals surface area contributed by atoms with Gasteiger partial charge in [-0.1, -0.05) is 67.4 Å². The Morgan fingerprint density at radius 3 is 1.98 bits per heavy atom. The van der Waals surface area contributed by atoms with Gasteiger partial charge in [0.15, 0.2) is 11.4 Å². The van der Waals surface area contributed by atoms with Crippen LogP contribution in [0.3, 0.4) is 0 Å². The van der Waals surface area contributed by atoms with E-state index >= 15 is 0 Å². The van der Waals surface area contributed by atoms with Crippen LogP contribution in [0.1, 0.15) is 108 Å². The maximum absolute atomic E-state index is 14.4. The zero-order chi connectivity index (χ0) is 30.6. The van der Waals surface area contributed by atoms with Crippen LogP contribution in [0.5, 0.6) is 0 Å². The molecule has 0 aromatic carbocycles. The molecule has 0 spiro atoms. The van der Waals surface area contributed by atoms with E-state index in [4.69, 9.17) is 4.74 Å². The van der Waals surface area contributed by atoms with Crippen molar-refractivity contribution in [2.45, 2.75) is 114 Å².